The monoisotopic (exact) mass is 459 g/mol. The van der Waals surface area contributed by atoms with Gasteiger partial charge >= 0.3 is 5.97 Å². The molecule has 4 aromatic carbocycles. The van der Waals surface area contributed by atoms with Crippen LogP contribution in [0.3, 0.4) is 0 Å². The fourth-order valence-electron chi connectivity index (χ4n) is 4.67. The molecule has 4 heteroatoms. The number of nitrogens with zero attached hydrogens (tertiary/aromatic N) is 1. The van der Waals surface area contributed by atoms with Crippen molar-refractivity contribution in [3.63, 3.8) is 0 Å². The molecule has 0 saturated carbocycles. The number of cyclic esters (lactones) is 1. The first-order valence-electron chi connectivity index (χ1n) is 11.7. The first kappa shape index (κ1) is 22.5. The Morgan fingerprint density at radius 2 is 1.29 bits per heavy atom. The van der Waals surface area contributed by atoms with E-state index in [-0.39, 0.29) is 12.2 Å². The molecule has 0 aromatic heterocycles. The number of ether oxygens (including phenoxy) is 1. The lowest BCUT2D eigenvalue weighted by Crippen LogP contribution is -2.43. The summed E-state index contributed by atoms with van der Waals surface area (Å²) in [6, 6.07) is 38.1. The molecule has 4 aromatic rings. The summed E-state index contributed by atoms with van der Waals surface area (Å²) in [7, 11) is 0. The van der Waals surface area contributed by atoms with Crippen molar-refractivity contribution in [2.24, 2.45) is 4.99 Å². The molecular formula is C31H25NO3. The number of aliphatic imine (C=N–C) groups is 1. The van der Waals surface area contributed by atoms with Gasteiger partial charge in [0.1, 0.15) is 0 Å². The van der Waals surface area contributed by atoms with E-state index >= 15 is 0 Å². The fraction of sp³-hybridized carbons (Fsp3) is 0.129. The fourth-order valence-corrected chi connectivity index (χ4v) is 4.67. The minimum Gasteiger partial charge on any atom is -0.405 e. The van der Waals surface area contributed by atoms with Crippen LogP contribution in [0.4, 0.5) is 0 Å². The zero-order chi connectivity index (χ0) is 24.1. The number of benzene rings is 4. The van der Waals surface area contributed by atoms with Crippen LogP contribution in [0.2, 0.25) is 0 Å². The zero-order valence-electron chi connectivity index (χ0n) is 19.2. The van der Waals surface area contributed by atoms with Crippen molar-refractivity contribution in [1.82, 2.24) is 0 Å². The molecule has 0 saturated heterocycles. The van der Waals surface area contributed by atoms with Crippen molar-refractivity contribution < 1.29 is 14.3 Å². The Kier molecular flexibility index (Phi) is 6.36. The van der Waals surface area contributed by atoms with Gasteiger partial charge in [-0.2, -0.15) is 0 Å². The maximum atomic E-state index is 13.8. The van der Waals surface area contributed by atoms with Crippen molar-refractivity contribution in [1.29, 1.82) is 0 Å². The van der Waals surface area contributed by atoms with Gasteiger partial charge in [0.05, 0.1) is 0 Å². The van der Waals surface area contributed by atoms with Crippen molar-refractivity contribution in [2.45, 2.75) is 24.3 Å². The molecule has 0 fully saturated rings. The third-order valence-corrected chi connectivity index (χ3v) is 6.44. The third kappa shape index (κ3) is 4.69. The van der Waals surface area contributed by atoms with Gasteiger partial charge in [0.25, 0.3) is 0 Å². The van der Waals surface area contributed by atoms with Crippen LogP contribution in [-0.4, -0.2) is 23.2 Å². The van der Waals surface area contributed by atoms with Crippen LogP contribution in [0.5, 0.6) is 0 Å². The molecule has 4 nitrogen and oxygen atoms in total. The van der Waals surface area contributed by atoms with Crippen LogP contribution in [-0.2, 0) is 16.0 Å². The first-order valence-corrected chi connectivity index (χ1v) is 11.7. The zero-order valence-corrected chi connectivity index (χ0v) is 19.2. The predicted molar refractivity (Wildman–Crippen MR) is 137 cm³/mol. The molecule has 2 atom stereocenters. The van der Waals surface area contributed by atoms with Crippen LogP contribution >= 0.6 is 0 Å². The number of rotatable bonds is 8. The highest BCUT2D eigenvalue weighted by molar-refractivity contribution is 6.09. The van der Waals surface area contributed by atoms with Crippen LogP contribution < -0.4 is 0 Å². The molecule has 172 valence electrons. The maximum absolute atomic E-state index is 13.8. The summed E-state index contributed by atoms with van der Waals surface area (Å²) in [6.07, 6.45) is 0.451. The van der Waals surface area contributed by atoms with Gasteiger partial charge in [-0.25, -0.2) is 9.79 Å². The number of hydrogen-bond acceptors (Lipinski definition) is 4. The molecule has 35 heavy (non-hydrogen) atoms. The van der Waals surface area contributed by atoms with Gasteiger partial charge < -0.3 is 4.74 Å². The van der Waals surface area contributed by atoms with Crippen LogP contribution in [0.15, 0.2) is 126 Å². The molecule has 1 aliphatic rings. The minimum absolute atomic E-state index is 0.0388. The summed E-state index contributed by atoms with van der Waals surface area (Å²) in [6.45, 7) is 0. The topological polar surface area (TPSA) is 55.7 Å². The maximum Gasteiger partial charge on any atom is 0.341 e. The van der Waals surface area contributed by atoms with E-state index in [1.165, 1.54) is 0 Å². The second-order valence-electron chi connectivity index (χ2n) is 8.72. The third-order valence-electron chi connectivity index (χ3n) is 6.44. The summed E-state index contributed by atoms with van der Waals surface area (Å²) in [5.74, 6) is -0.692. The van der Waals surface area contributed by atoms with E-state index in [0.29, 0.717) is 17.9 Å². The van der Waals surface area contributed by atoms with Gasteiger partial charge in [-0.3, -0.25) is 4.79 Å². The van der Waals surface area contributed by atoms with Crippen molar-refractivity contribution in [3.8, 4) is 0 Å². The van der Waals surface area contributed by atoms with Crippen molar-refractivity contribution in [2.75, 3.05) is 0 Å². The Bertz CT molecular complexity index is 1340. The predicted octanol–water partition coefficient (Wildman–Crippen LogP) is 6.03. The second kappa shape index (κ2) is 9.90. The molecule has 0 unspecified atom stereocenters. The summed E-state index contributed by atoms with van der Waals surface area (Å²) in [5, 5.41) is 0. The first-order chi connectivity index (χ1) is 17.2. The van der Waals surface area contributed by atoms with E-state index in [2.05, 4.69) is 0 Å². The molecule has 0 N–H and O–H groups in total. The number of esters is 1. The van der Waals surface area contributed by atoms with Gasteiger partial charge in [-0.1, -0.05) is 109 Å². The van der Waals surface area contributed by atoms with Gasteiger partial charge in [0, 0.05) is 29.9 Å². The van der Waals surface area contributed by atoms with Crippen LogP contribution in [0, 0.1) is 0 Å². The number of hydrogen-bond donors (Lipinski definition) is 0. The number of ketones is 1. The molecule has 0 bridgehead atoms. The molecule has 1 heterocycles. The Hall–Kier alpha value is -4.31. The van der Waals surface area contributed by atoms with Crippen molar-refractivity contribution in [3.05, 3.63) is 144 Å². The average Bonchev–Trinajstić information content (AvgIpc) is 3.25. The van der Waals surface area contributed by atoms with E-state index in [4.69, 9.17) is 9.73 Å². The van der Waals surface area contributed by atoms with Crippen LogP contribution in [0.25, 0.3) is 0 Å². The lowest BCUT2D eigenvalue weighted by atomic mass is 9.73. The molecule has 0 aliphatic carbocycles. The van der Waals surface area contributed by atoms with E-state index in [9.17, 15) is 9.59 Å². The van der Waals surface area contributed by atoms with Crippen molar-refractivity contribution >= 4 is 17.7 Å². The standard InChI is InChI=1S/C31H25NO3/c33-28(25-17-9-3-10-18-25)21-27(24-15-7-2-8-16-24)31(22-23-13-5-1-6-14-23)30(34)35-29(32-31)26-19-11-4-12-20-26/h1-20,27H,21-22H2/t27-,31+/m1/s1. The van der Waals surface area contributed by atoms with Crippen LogP contribution in [0.1, 0.15) is 39.4 Å². The van der Waals surface area contributed by atoms with E-state index in [1.54, 1.807) is 12.1 Å². The highest BCUT2D eigenvalue weighted by Gasteiger charge is 2.53. The Labute approximate surface area is 204 Å². The van der Waals surface area contributed by atoms with E-state index in [1.807, 2.05) is 109 Å². The SMILES string of the molecule is O=C(C[C@H](c1ccccc1)[C@]1(Cc2ccccc2)N=C(c2ccccc2)OC1=O)c1ccccc1. The summed E-state index contributed by atoms with van der Waals surface area (Å²) in [5.41, 5.74) is 1.90. The molecule has 1 aliphatic heterocycles. The summed E-state index contributed by atoms with van der Waals surface area (Å²) >= 11 is 0. The van der Waals surface area contributed by atoms with Gasteiger partial charge in [-0.15, -0.1) is 0 Å². The van der Waals surface area contributed by atoms with Gasteiger partial charge in [0.15, 0.2) is 11.3 Å². The lowest BCUT2D eigenvalue weighted by Gasteiger charge is -2.32. The largest absolute Gasteiger partial charge is 0.405 e. The Morgan fingerprint density at radius 3 is 1.91 bits per heavy atom. The average molecular weight is 460 g/mol. The number of Topliss-reactive ketones (excluding diaryl/α,β-unsaturated/α-hetero) is 1. The minimum atomic E-state index is -1.28. The molecule has 0 radical (unpaired) electrons. The highest BCUT2D eigenvalue weighted by atomic mass is 16.6. The molecule has 0 amide bonds. The Balaban J connectivity index is 1.65. The molecule has 5 rings (SSSR count). The summed E-state index contributed by atoms with van der Waals surface area (Å²) < 4.78 is 5.83. The highest BCUT2D eigenvalue weighted by Crippen LogP contribution is 2.42. The van der Waals surface area contributed by atoms with Gasteiger partial charge in [-0.05, 0) is 23.3 Å². The van der Waals surface area contributed by atoms with E-state index < -0.39 is 17.4 Å². The Morgan fingerprint density at radius 1 is 0.743 bits per heavy atom. The lowest BCUT2D eigenvalue weighted by molar-refractivity contribution is -0.139. The smallest absolute Gasteiger partial charge is 0.341 e. The quantitative estimate of drug-likeness (QED) is 0.239. The summed E-state index contributed by atoms with van der Waals surface area (Å²) in [4.78, 5) is 32.2. The number of carbonyl (C=O) groups excluding carboxylic acids is 2. The normalized spacial score (nSPS) is 17.9. The molecule has 0 spiro atoms. The van der Waals surface area contributed by atoms with Gasteiger partial charge in [0.2, 0.25) is 5.90 Å². The second-order valence-corrected chi connectivity index (χ2v) is 8.72. The van der Waals surface area contributed by atoms with E-state index in [0.717, 1.165) is 16.7 Å². The number of carbonyl (C=O) groups is 2. The molecular weight excluding hydrogens is 434 g/mol.